The quantitative estimate of drug-likeness (QED) is 0.591. The summed E-state index contributed by atoms with van der Waals surface area (Å²) in [5, 5.41) is 8.28. The summed E-state index contributed by atoms with van der Waals surface area (Å²) in [5.41, 5.74) is 0. The predicted molar refractivity (Wildman–Crippen MR) is 40.1 cm³/mol. The Morgan fingerprint density at radius 3 is 2.45 bits per heavy atom. The maximum absolute atomic E-state index is 10.9. The van der Waals surface area contributed by atoms with Gasteiger partial charge >= 0.3 is 5.97 Å². The predicted octanol–water partition coefficient (Wildman–Crippen LogP) is 0.106. The van der Waals surface area contributed by atoms with Crippen LogP contribution in [0.3, 0.4) is 0 Å². The first-order chi connectivity index (χ1) is 5.07. The molecule has 0 aliphatic rings. The Kier molecular flexibility index (Phi) is 3.95. The zero-order chi connectivity index (χ0) is 8.85. The van der Waals surface area contributed by atoms with E-state index in [1.54, 1.807) is 13.0 Å². The van der Waals surface area contributed by atoms with Crippen molar-refractivity contribution >= 4 is 11.9 Å². The van der Waals surface area contributed by atoms with Gasteiger partial charge in [0.2, 0.25) is 5.91 Å². The molecule has 4 heteroatoms. The summed E-state index contributed by atoms with van der Waals surface area (Å²) in [6.07, 6.45) is 2.89. The third-order valence-electron chi connectivity index (χ3n) is 1.06. The number of carboxylic acid groups (broad SMARTS) is 1. The molecule has 0 radical (unpaired) electrons. The normalized spacial score (nSPS) is 10.0. The number of carbonyl (C=O) groups excluding carboxylic acids is 1. The van der Waals surface area contributed by atoms with Gasteiger partial charge in [0.25, 0.3) is 0 Å². The first kappa shape index (κ1) is 9.68. The van der Waals surface area contributed by atoms with Crippen LogP contribution in [0.25, 0.3) is 0 Å². The van der Waals surface area contributed by atoms with E-state index in [1.165, 1.54) is 13.1 Å². The largest absolute Gasteiger partial charge is 0.480 e. The number of amides is 1. The van der Waals surface area contributed by atoms with E-state index in [0.29, 0.717) is 0 Å². The summed E-state index contributed by atoms with van der Waals surface area (Å²) in [6.45, 7) is 1.44. The molecule has 0 saturated heterocycles. The van der Waals surface area contributed by atoms with Gasteiger partial charge in [-0.2, -0.15) is 0 Å². The van der Waals surface area contributed by atoms with Gasteiger partial charge in [-0.1, -0.05) is 6.08 Å². The highest BCUT2D eigenvalue weighted by Crippen LogP contribution is 1.85. The van der Waals surface area contributed by atoms with Gasteiger partial charge < -0.3 is 10.0 Å². The Balaban J connectivity index is 3.92. The lowest BCUT2D eigenvalue weighted by Gasteiger charge is -2.10. The van der Waals surface area contributed by atoms with Crippen LogP contribution in [0.2, 0.25) is 0 Å². The van der Waals surface area contributed by atoms with Crippen molar-refractivity contribution in [2.24, 2.45) is 0 Å². The van der Waals surface area contributed by atoms with Crippen LogP contribution in [0.4, 0.5) is 0 Å². The van der Waals surface area contributed by atoms with Crippen molar-refractivity contribution < 1.29 is 14.7 Å². The molecule has 0 bridgehead atoms. The number of carbonyl (C=O) groups is 2. The van der Waals surface area contributed by atoms with Crippen molar-refractivity contribution in [2.45, 2.75) is 6.92 Å². The zero-order valence-electron chi connectivity index (χ0n) is 6.57. The van der Waals surface area contributed by atoms with Crippen LogP contribution in [-0.4, -0.2) is 35.5 Å². The van der Waals surface area contributed by atoms with Crippen molar-refractivity contribution in [3.63, 3.8) is 0 Å². The van der Waals surface area contributed by atoms with Crippen molar-refractivity contribution in [2.75, 3.05) is 13.6 Å². The molecule has 0 aromatic heterocycles. The molecule has 0 rings (SSSR count). The van der Waals surface area contributed by atoms with Crippen LogP contribution in [0.15, 0.2) is 12.2 Å². The molecule has 0 aromatic rings. The van der Waals surface area contributed by atoms with Crippen LogP contribution in [0, 0.1) is 0 Å². The van der Waals surface area contributed by atoms with Crippen LogP contribution < -0.4 is 0 Å². The van der Waals surface area contributed by atoms with E-state index in [-0.39, 0.29) is 12.5 Å². The maximum Gasteiger partial charge on any atom is 0.323 e. The average Bonchev–Trinajstić information content (AvgIpc) is 1.86. The molecule has 0 aliphatic heterocycles. The standard InChI is InChI=1S/C7H11NO3/c1-3-4-6(9)8(2)5-7(10)11/h3-4H,5H2,1-2H3,(H,10,11)/b4-3+. The molecule has 0 fully saturated rings. The van der Waals surface area contributed by atoms with Crippen molar-refractivity contribution in [1.82, 2.24) is 4.90 Å². The maximum atomic E-state index is 10.9. The number of carboxylic acids is 1. The van der Waals surface area contributed by atoms with Crippen LogP contribution in [0.1, 0.15) is 6.92 Å². The second-order valence-electron chi connectivity index (χ2n) is 2.09. The van der Waals surface area contributed by atoms with E-state index >= 15 is 0 Å². The third-order valence-corrected chi connectivity index (χ3v) is 1.06. The lowest BCUT2D eigenvalue weighted by molar-refractivity contribution is -0.141. The van der Waals surface area contributed by atoms with Gasteiger partial charge in [0.05, 0.1) is 0 Å². The van der Waals surface area contributed by atoms with Crippen LogP contribution in [-0.2, 0) is 9.59 Å². The summed E-state index contributed by atoms with van der Waals surface area (Å²) >= 11 is 0. The monoisotopic (exact) mass is 157 g/mol. The minimum Gasteiger partial charge on any atom is -0.480 e. The lowest BCUT2D eigenvalue weighted by Crippen LogP contribution is -2.30. The molecule has 4 nitrogen and oxygen atoms in total. The topological polar surface area (TPSA) is 57.6 Å². The molecule has 0 unspecified atom stereocenters. The van der Waals surface area contributed by atoms with Gasteiger partial charge in [-0.15, -0.1) is 0 Å². The number of likely N-dealkylation sites (N-methyl/N-ethyl adjacent to an activating group) is 1. The molecule has 1 amide bonds. The van der Waals surface area contributed by atoms with Gasteiger partial charge in [0.1, 0.15) is 6.54 Å². The fourth-order valence-electron chi connectivity index (χ4n) is 0.551. The Labute approximate surface area is 65.1 Å². The summed E-state index contributed by atoms with van der Waals surface area (Å²) < 4.78 is 0. The van der Waals surface area contributed by atoms with E-state index in [0.717, 1.165) is 4.90 Å². The van der Waals surface area contributed by atoms with Gasteiger partial charge in [-0.05, 0) is 13.0 Å². The van der Waals surface area contributed by atoms with Crippen LogP contribution in [0.5, 0.6) is 0 Å². The number of aliphatic carboxylic acids is 1. The molecular formula is C7H11NO3. The minimum absolute atomic E-state index is 0.261. The Morgan fingerprint density at radius 2 is 2.09 bits per heavy atom. The Bertz CT molecular complexity index is 186. The second kappa shape index (κ2) is 4.49. The van der Waals surface area contributed by atoms with Gasteiger partial charge in [0, 0.05) is 7.05 Å². The molecule has 0 spiro atoms. The summed E-state index contributed by atoms with van der Waals surface area (Å²) in [7, 11) is 1.44. The number of hydrogen-bond acceptors (Lipinski definition) is 2. The molecule has 1 N–H and O–H groups in total. The molecule has 0 atom stereocenters. The van der Waals surface area contributed by atoms with Gasteiger partial charge in [0.15, 0.2) is 0 Å². The Morgan fingerprint density at radius 1 is 1.55 bits per heavy atom. The van der Waals surface area contributed by atoms with E-state index in [4.69, 9.17) is 5.11 Å². The minimum atomic E-state index is -1.01. The summed E-state index contributed by atoms with van der Waals surface area (Å²) in [5.74, 6) is -1.31. The van der Waals surface area contributed by atoms with Gasteiger partial charge in [-0.25, -0.2) is 0 Å². The number of hydrogen-bond donors (Lipinski definition) is 1. The zero-order valence-corrected chi connectivity index (χ0v) is 6.57. The highest BCUT2D eigenvalue weighted by Gasteiger charge is 2.07. The molecule has 0 heterocycles. The van der Waals surface area contributed by atoms with E-state index in [9.17, 15) is 9.59 Å². The van der Waals surface area contributed by atoms with E-state index in [1.807, 2.05) is 0 Å². The second-order valence-corrected chi connectivity index (χ2v) is 2.09. The number of nitrogens with zero attached hydrogens (tertiary/aromatic N) is 1. The fourth-order valence-corrected chi connectivity index (χ4v) is 0.551. The first-order valence-corrected chi connectivity index (χ1v) is 3.17. The third kappa shape index (κ3) is 4.13. The highest BCUT2D eigenvalue weighted by molar-refractivity contribution is 5.89. The molecule has 0 saturated carbocycles. The highest BCUT2D eigenvalue weighted by atomic mass is 16.4. The SMILES string of the molecule is C/C=C/C(=O)N(C)CC(=O)O. The molecule has 11 heavy (non-hydrogen) atoms. The van der Waals surface area contributed by atoms with E-state index < -0.39 is 5.97 Å². The molecule has 0 aliphatic carbocycles. The van der Waals surface area contributed by atoms with Crippen molar-refractivity contribution in [3.8, 4) is 0 Å². The number of rotatable bonds is 3. The summed E-state index contributed by atoms with van der Waals surface area (Å²) in [6, 6.07) is 0. The molecule has 62 valence electrons. The van der Waals surface area contributed by atoms with Crippen molar-refractivity contribution in [1.29, 1.82) is 0 Å². The van der Waals surface area contributed by atoms with Gasteiger partial charge in [-0.3, -0.25) is 9.59 Å². The summed E-state index contributed by atoms with van der Waals surface area (Å²) in [4.78, 5) is 22.1. The molecule has 0 aromatic carbocycles. The Hall–Kier alpha value is -1.32. The average molecular weight is 157 g/mol. The number of allylic oxidation sites excluding steroid dienone is 1. The molecular weight excluding hydrogens is 146 g/mol. The van der Waals surface area contributed by atoms with Crippen molar-refractivity contribution in [3.05, 3.63) is 12.2 Å². The smallest absolute Gasteiger partial charge is 0.323 e. The fraction of sp³-hybridized carbons (Fsp3) is 0.429. The lowest BCUT2D eigenvalue weighted by atomic mass is 10.4. The van der Waals surface area contributed by atoms with Crippen LogP contribution >= 0.6 is 0 Å². The van der Waals surface area contributed by atoms with E-state index in [2.05, 4.69) is 0 Å². The first-order valence-electron chi connectivity index (χ1n) is 3.17.